The third-order valence-electron chi connectivity index (χ3n) is 2.62. The lowest BCUT2D eigenvalue weighted by Gasteiger charge is -2.23. The van der Waals surface area contributed by atoms with E-state index in [0.29, 0.717) is 11.3 Å². The Balaban J connectivity index is 2.15. The molecule has 0 aliphatic carbocycles. The summed E-state index contributed by atoms with van der Waals surface area (Å²) < 4.78 is 1.10. The van der Waals surface area contributed by atoms with Crippen molar-refractivity contribution in [2.45, 2.75) is 38.5 Å². The summed E-state index contributed by atoms with van der Waals surface area (Å²) in [6.45, 7) is 6.52. The minimum Gasteiger partial charge on any atom is -0.335 e. The Morgan fingerprint density at radius 1 is 1.35 bits per heavy atom. The zero-order chi connectivity index (χ0) is 12.4. The van der Waals surface area contributed by atoms with Gasteiger partial charge in [0.05, 0.1) is 6.04 Å². The lowest BCUT2D eigenvalue weighted by atomic mass is 10.2. The summed E-state index contributed by atoms with van der Waals surface area (Å²) in [5.74, 6) is 0. The molecule has 4 heteroatoms. The molecule has 0 radical (unpaired) electrons. The summed E-state index contributed by atoms with van der Waals surface area (Å²) in [6, 6.07) is 6.74. The quantitative estimate of drug-likeness (QED) is 0.829. The molecule has 1 aliphatic heterocycles. The Morgan fingerprint density at radius 3 is 2.76 bits per heavy atom. The van der Waals surface area contributed by atoms with Crippen LogP contribution in [0.4, 0.5) is 5.69 Å². The smallest absolute Gasteiger partial charge is 0.161 e. The molecule has 0 bridgehead atoms. The molecule has 0 saturated heterocycles. The van der Waals surface area contributed by atoms with E-state index in [1.54, 1.807) is 0 Å². The first-order valence-electron chi connectivity index (χ1n) is 5.81. The van der Waals surface area contributed by atoms with Gasteiger partial charge in [-0.25, -0.2) is 0 Å². The number of nitrogens with one attached hydrogen (secondary N) is 1. The van der Waals surface area contributed by atoms with E-state index in [9.17, 15) is 0 Å². The van der Waals surface area contributed by atoms with E-state index >= 15 is 0 Å². The van der Waals surface area contributed by atoms with Crippen molar-refractivity contribution in [2.24, 2.45) is 4.99 Å². The number of nitrogens with zero attached hydrogens (tertiary/aromatic N) is 1. The van der Waals surface area contributed by atoms with Gasteiger partial charge >= 0.3 is 0 Å². The van der Waals surface area contributed by atoms with Crippen LogP contribution in [-0.2, 0) is 0 Å². The maximum Gasteiger partial charge on any atom is 0.161 e. The van der Waals surface area contributed by atoms with Crippen LogP contribution in [-0.4, -0.2) is 16.5 Å². The average molecular weight is 313 g/mol. The van der Waals surface area contributed by atoms with Gasteiger partial charge in [-0.2, -0.15) is 0 Å². The summed E-state index contributed by atoms with van der Waals surface area (Å²) >= 11 is 5.34. The van der Waals surface area contributed by atoms with Crippen LogP contribution in [0.1, 0.15) is 25.8 Å². The molecule has 1 aliphatic rings. The van der Waals surface area contributed by atoms with Crippen molar-refractivity contribution < 1.29 is 0 Å². The minimum atomic E-state index is 0.419. The summed E-state index contributed by atoms with van der Waals surface area (Å²) in [5.41, 5.74) is 2.34. The van der Waals surface area contributed by atoms with Crippen LogP contribution >= 0.6 is 27.7 Å². The van der Waals surface area contributed by atoms with Gasteiger partial charge in [0.1, 0.15) is 0 Å². The largest absolute Gasteiger partial charge is 0.335 e. The maximum atomic E-state index is 4.64. The number of anilines is 1. The zero-order valence-corrected chi connectivity index (χ0v) is 12.7. The third-order valence-corrected chi connectivity index (χ3v) is 4.10. The number of amidine groups is 1. The fraction of sp³-hybridized carbons (Fsp3) is 0.462. The second kappa shape index (κ2) is 5.44. The molecule has 1 N–H and O–H groups in total. The number of aryl methyl sites for hydroxylation is 1. The second-order valence-corrected chi connectivity index (χ2v) is 6.93. The molecule has 2 nitrogen and oxygen atoms in total. The monoisotopic (exact) mass is 312 g/mol. The molecule has 0 aromatic heterocycles. The molecule has 0 fully saturated rings. The lowest BCUT2D eigenvalue weighted by molar-refractivity contribution is 0.661. The van der Waals surface area contributed by atoms with E-state index in [1.807, 2.05) is 11.8 Å². The molecule has 1 heterocycles. The fourth-order valence-corrected chi connectivity index (χ4v) is 3.78. The molecule has 92 valence electrons. The van der Waals surface area contributed by atoms with Crippen molar-refractivity contribution >= 4 is 38.5 Å². The normalized spacial score (nSPS) is 24.4. The molecule has 2 unspecified atom stereocenters. The van der Waals surface area contributed by atoms with Gasteiger partial charge < -0.3 is 5.32 Å². The number of halogens is 1. The van der Waals surface area contributed by atoms with E-state index in [1.165, 1.54) is 5.56 Å². The van der Waals surface area contributed by atoms with Gasteiger partial charge in [-0.05, 0) is 44.0 Å². The molecule has 0 amide bonds. The molecule has 2 rings (SSSR count). The van der Waals surface area contributed by atoms with Crippen LogP contribution in [0, 0.1) is 6.92 Å². The molecule has 0 saturated carbocycles. The summed E-state index contributed by atoms with van der Waals surface area (Å²) in [5, 5.41) is 5.08. The Hall–Kier alpha value is -0.480. The first-order valence-corrected chi connectivity index (χ1v) is 7.49. The third kappa shape index (κ3) is 3.75. The fourth-order valence-electron chi connectivity index (χ4n) is 2.00. The van der Waals surface area contributed by atoms with Crippen molar-refractivity contribution in [1.82, 2.24) is 0 Å². The van der Waals surface area contributed by atoms with Gasteiger partial charge in [0, 0.05) is 15.4 Å². The molecule has 17 heavy (non-hydrogen) atoms. The summed E-state index contributed by atoms with van der Waals surface area (Å²) in [4.78, 5) is 4.64. The SMILES string of the molecule is Cc1cc(Br)cc(NC2=NC(C)CC(C)S2)c1. The second-order valence-electron chi connectivity index (χ2n) is 4.59. The van der Waals surface area contributed by atoms with E-state index in [2.05, 4.69) is 65.2 Å². The van der Waals surface area contributed by atoms with Crippen LogP contribution in [0.2, 0.25) is 0 Å². The van der Waals surface area contributed by atoms with Crippen molar-refractivity contribution in [1.29, 1.82) is 0 Å². The number of hydrogen-bond donors (Lipinski definition) is 1. The highest BCUT2D eigenvalue weighted by atomic mass is 79.9. The van der Waals surface area contributed by atoms with Crippen molar-refractivity contribution in [3.05, 3.63) is 28.2 Å². The Kier molecular flexibility index (Phi) is 4.15. The van der Waals surface area contributed by atoms with Crippen molar-refractivity contribution in [3.63, 3.8) is 0 Å². The van der Waals surface area contributed by atoms with Crippen LogP contribution in [0.5, 0.6) is 0 Å². The van der Waals surface area contributed by atoms with Gasteiger partial charge in [0.2, 0.25) is 0 Å². The highest BCUT2D eigenvalue weighted by Crippen LogP contribution is 2.27. The van der Waals surface area contributed by atoms with Crippen LogP contribution in [0.3, 0.4) is 0 Å². The Bertz CT molecular complexity index is 425. The van der Waals surface area contributed by atoms with E-state index in [4.69, 9.17) is 0 Å². The molecule has 1 aromatic carbocycles. The average Bonchev–Trinajstić information content (AvgIpc) is 2.13. The molecular formula is C13H17BrN2S. The highest BCUT2D eigenvalue weighted by molar-refractivity contribution is 9.10. The first kappa shape index (κ1) is 13.0. The van der Waals surface area contributed by atoms with Gasteiger partial charge in [-0.15, -0.1) is 0 Å². The molecule has 0 spiro atoms. The van der Waals surface area contributed by atoms with E-state index in [-0.39, 0.29) is 0 Å². The van der Waals surface area contributed by atoms with Gasteiger partial charge in [-0.1, -0.05) is 34.6 Å². The summed E-state index contributed by atoms with van der Waals surface area (Å²) in [7, 11) is 0. The minimum absolute atomic E-state index is 0.419. The topological polar surface area (TPSA) is 24.4 Å². The van der Waals surface area contributed by atoms with Gasteiger partial charge in [0.25, 0.3) is 0 Å². The number of thioether (sulfide) groups is 1. The molecule has 2 atom stereocenters. The van der Waals surface area contributed by atoms with Crippen molar-refractivity contribution in [2.75, 3.05) is 5.32 Å². The Labute approximate surface area is 115 Å². The number of benzene rings is 1. The van der Waals surface area contributed by atoms with E-state index < -0.39 is 0 Å². The van der Waals surface area contributed by atoms with Crippen molar-refractivity contribution in [3.8, 4) is 0 Å². The standard InChI is InChI=1S/C13H17BrN2S/c1-8-4-11(14)7-12(5-8)16-13-15-9(2)6-10(3)17-13/h4-5,7,9-10H,6H2,1-3H3,(H,15,16). The van der Waals surface area contributed by atoms with Crippen LogP contribution in [0.15, 0.2) is 27.7 Å². The summed E-state index contributed by atoms with van der Waals surface area (Å²) in [6.07, 6.45) is 1.16. The number of hydrogen-bond acceptors (Lipinski definition) is 3. The van der Waals surface area contributed by atoms with Crippen LogP contribution < -0.4 is 5.32 Å². The number of rotatable bonds is 1. The predicted molar refractivity (Wildman–Crippen MR) is 81.1 cm³/mol. The van der Waals surface area contributed by atoms with Gasteiger partial charge in [-0.3, -0.25) is 4.99 Å². The predicted octanol–water partition coefficient (Wildman–Crippen LogP) is 4.44. The van der Waals surface area contributed by atoms with Gasteiger partial charge in [0.15, 0.2) is 5.17 Å². The highest BCUT2D eigenvalue weighted by Gasteiger charge is 2.18. The first-order chi connectivity index (χ1) is 8.02. The van der Waals surface area contributed by atoms with Crippen LogP contribution in [0.25, 0.3) is 0 Å². The van der Waals surface area contributed by atoms with E-state index in [0.717, 1.165) is 21.7 Å². The lowest BCUT2D eigenvalue weighted by Crippen LogP contribution is -2.22. The zero-order valence-electron chi connectivity index (χ0n) is 10.3. The number of aliphatic imine (C=N–C) groups is 1. The molecular weight excluding hydrogens is 296 g/mol. The Morgan fingerprint density at radius 2 is 2.12 bits per heavy atom. The maximum absolute atomic E-state index is 4.64. The molecule has 1 aromatic rings.